The number of carbonyl (C=O) groups excluding carboxylic acids is 2. The summed E-state index contributed by atoms with van der Waals surface area (Å²) in [5.41, 5.74) is -2.10. The minimum atomic E-state index is -1.97. The molecular formula is C17H25N3O6S. The number of rotatable bonds is 5. The molecule has 4 N–H and O–H groups in total. The molecule has 6 atom stereocenters. The average Bonchev–Trinajstić information content (AvgIpc) is 3.15. The Morgan fingerprint density at radius 1 is 1.41 bits per heavy atom. The molecular weight excluding hydrogens is 374 g/mol. The van der Waals surface area contributed by atoms with Crippen LogP contribution in [0.25, 0.3) is 0 Å². The largest absolute Gasteiger partial charge is 0.477 e. The van der Waals surface area contributed by atoms with E-state index in [4.69, 9.17) is 0 Å². The first-order chi connectivity index (χ1) is 12.5. The van der Waals surface area contributed by atoms with Crippen LogP contribution in [0.4, 0.5) is 0 Å². The van der Waals surface area contributed by atoms with Gasteiger partial charge in [-0.1, -0.05) is 6.92 Å². The lowest BCUT2D eigenvalue weighted by Crippen LogP contribution is -2.77. The standard InChI is InChI=1S/C17H25N3O6S/c1-7-12(27-9-5-10(18-6-9)14(22)19(3)4)11(15(23)24)20-13(7)17(26,8(2)21)16(20)25/h7-10,13,18,21,26H,5-6H2,1-4H3,(H,23,24)/t7-,8+,9?,10-,13+,17-/m0/s1. The Morgan fingerprint density at radius 3 is 2.56 bits per heavy atom. The molecule has 0 aromatic rings. The van der Waals surface area contributed by atoms with E-state index in [1.807, 2.05) is 0 Å². The zero-order chi connectivity index (χ0) is 20.3. The fourth-order valence-corrected chi connectivity index (χ4v) is 5.64. The molecule has 27 heavy (non-hydrogen) atoms. The third-order valence-electron chi connectivity index (χ3n) is 5.61. The van der Waals surface area contributed by atoms with E-state index >= 15 is 0 Å². The highest BCUT2D eigenvalue weighted by molar-refractivity contribution is 8.03. The summed E-state index contributed by atoms with van der Waals surface area (Å²) in [6.07, 6.45) is -0.757. The number of fused-ring (bicyclic) bond motifs is 1. The number of hydrogen-bond acceptors (Lipinski definition) is 7. The number of aliphatic hydroxyl groups excluding tert-OH is 1. The second kappa shape index (κ2) is 6.77. The van der Waals surface area contributed by atoms with Gasteiger partial charge in [0.15, 0.2) is 5.60 Å². The smallest absolute Gasteiger partial charge is 0.353 e. The van der Waals surface area contributed by atoms with Gasteiger partial charge in [-0.25, -0.2) is 4.79 Å². The fraction of sp³-hybridized carbons (Fsp3) is 0.706. The highest BCUT2D eigenvalue weighted by Crippen LogP contribution is 2.53. The van der Waals surface area contributed by atoms with Gasteiger partial charge in [-0.05, 0) is 13.3 Å². The van der Waals surface area contributed by atoms with Gasteiger partial charge in [0.05, 0.1) is 18.2 Å². The van der Waals surface area contributed by atoms with E-state index in [1.165, 1.54) is 23.6 Å². The van der Waals surface area contributed by atoms with Crippen LogP contribution in [-0.2, 0) is 14.4 Å². The monoisotopic (exact) mass is 399 g/mol. The highest BCUT2D eigenvalue weighted by Gasteiger charge is 2.69. The third kappa shape index (κ3) is 2.86. The molecule has 1 unspecified atom stereocenters. The minimum Gasteiger partial charge on any atom is -0.477 e. The zero-order valence-corrected chi connectivity index (χ0v) is 16.5. The number of thioether (sulfide) groups is 1. The van der Waals surface area contributed by atoms with Crippen LogP contribution in [0.15, 0.2) is 10.6 Å². The lowest BCUT2D eigenvalue weighted by atomic mass is 9.74. The number of β-lactam (4-membered cyclic amide) rings is 1. The van der Waals surface area contributed by atoms with Gasteiger partial charge < -0.3 is 25.5 Å². The van der Waals surface area contributed by atoms with Gasteiger partial charge in [0.25, 0.3) is 5.91 Å². The molecule has 2 saturated heterocycles. The lowest BCUT2D eigenvalue weighted by Gasteiger charge is -2.52. The van der Waals surface area contributed by atoms with Crippen LogP contribution in [0, 0.1) is 5.92 Å². The number of amides is 2. The molecule has 0 aliphatic carbocycles. The molecule has 9 nitrogen and oxygen atoms in total. The maximum atomic E-state index is 12.4. The molecule has 0 saturated carbocycles. The van der Waals surface area contributed by atoms with Crippen molar-refractivity contribution in [3.8, 4) is 0 Å². The van der Waals surface area contributed by atoms with Gasteiger partial charge in [0.1, 0.15) is 5.70 Å². The van der Waals surface area contributed by atoms with Crippen molar-refractivity contribution in [2.45, 2.75) is 49.3 Å². The van der Waals surface area contributed by atoms with Crippen molar-refractivity contribution in [3.63, 3.8) is 0 Å². The van der Waals surface area contributed by atoms with Gasteiger partial charge in [-0.2, -0.15) is 0 Å². The second-order valence-electron chi connectivity index (χ2n) is 7.60. The van der Waals surface area contributed by atoms with Gasteiger partial charge in [0.2, 0.25) is 5.91 Å². The number of nitrogens with zero attached hydrogens (tertiary/aromatic N) is 2. The Morgan fingerprint density at radius 2 is 2.04 bits per heavy atom. The molecule has 0 radical (unpaired) electrons. The number of aliphatic hydroxyl groups is 2. The Labute approximate surface area is 161 Å². The zero-order valence-electron chi connectivity index (χ0n) is 15.7. The first-order valence-electron chi connectivity index (χ1n) is 8.84. The number of nitrogens with one attached hydrogen (secondary N) is 1. The van der Waals surface area contributed by atoms with E-state index < -0.39 is 35.5 Å². The number of aliphatic carboxylic acids is 1. The SMILES string of the molecule is C[C@H]1C(SC2CN[C@H](C(=O)N(C)C)C2)=C(C(=O)O)N2C(=O)[C@](O)([C@@H](C)O)[C@@H]12. The maximum Gasteiger partial charge on any atom is 0.353 e. The Hall–Kier alpha value is -1.62. The number of hydrogen-bond donors (Lipinski definition) is 4. The first-order valence-corrected chi connectivity index (χ1v) is 9.72. The summed E-state index contributed by atoms with van der Waals surface area (Å²) in [4.78, 5) is 39.5. The van der Waals surface area contributed by atoms with Crippen molar-refractivity contribution in [2.24, 2.45) is 5.92 Å². The molecule has 3 heterocycles. The number of likely N-dealkylation sites (N-methyl/N-ethyl adjacent to an activating group) is 1. The van der Waals surface area contributed by atoms with Crippen LogP contribution in [0.5, 0.6) is 0 Å². The summed E-state index contributed by atoms with van der Waals surface area (Å²) in [6.45, 7) is 3.61. The van der Waals surface area contributed by atoms with E-state index in [2.05, 4.69) is 5.32 Å². The summed E-state index contributed by atoms with van der Waals surface area (Å²) < 4.78 is 0. The fourth-order valence-electron chi connectivity index (χ4n) is 4.17. The molecule has 0 bridgehead atoms. The molecule has 10 heteroatoms. The second-order valence-corrected chi connectivity index (χ2v) is 8.94. The predicted molar refractivity (Wildman–Crippen MR) is 97.6 cm³/mol. The van der Waals surface area contributed by atoms with E-state index in [1.54, 1.807) is 21.0 Å². The van der Waals surface area contributed by atoms with Crippen LogP contribution >= 0.6 is 11.8 Å². The van der Waals surface area contributed by atoms with Crippen molar-refractivity contribution in [2.75, 3.05) is 20.6 Å². The Balaban J connectivity index is 1.82. The van der Waals surface area contributed by atoms with E-state index in [0.29, 0.717) is 17.9 Å². The molecule has 0 spiro atoms. The molecule has 2 amide bonds. The van der Waals surface area contributed by atoms with Crippen LogP contribution in [0.3, 0.4) is 0 Å². The first kappa shape index (κ1) is 20.1. The summed E-state index contributed by atoms with van der Waals surface area (Å²) in [6, 6.07) is -1.12. The summed E-state index contributed by atoms with van der Waals surface area (Å²) in [7, 11) is 3.37. The molecule has 150 valence electrons. The van der Waals surface area contributed by atoms with Crippen molar-refractivity contribution in [1.82, 2.24) is 15.1 Å². The molecule has 2 fully saturated rings. The molecule has 3 aliphatic rings. The van der Waals surface area contributed by atoms with Crippen molar-refractivity contribution < 1.29 is 29.7 Å². The van der Waals surface area contributed by atoms with Crippen molar-refractivity contribution in [3.05, 3.63) is 10.6 Å². The van der Waals surface area contributed by atoms with E-state index in [0.717, 1.165) is 4.90 Å². The summed E-state index contributed by atoms with van der Waals surface area (Å²) in [5.74, 6) is -2.48. The van der Waals surface area contributed by atoms with Crippen LogP contribution in [-0.4, -0.2) is 92.6 Å². The van der Waals surface area contributed by atoms with Crippen LogP contribution < -0.4 is 5.32 Å². The normalized spacial score (nSPS) is 36.5. The summed E-state index contributed by atoms with van der Waals surface area (Å²) in [5, 5.41) is 33.3. The topological polar surface area (TPSA) is 130 Å². The Kier molecular flexibility index (Phi) is 5.04. The molecule has 0 aromatic heterocycles. The Bertz CT molecular complexity index is 723. The molecule has 3 rings (SSSR count). The van der Waals surface area contributed by atoms with Gasteiger partial charge in [0, 0.05) is 36.7 Å². The molecule has 0 aromatic carbocycles. The van der Waals surface area contributed by atoms with Gasteiger partial charge >= 0.3 is 5.97 Å². The van der Waals surface area contributed by atoms with Crippen LogP contribution in [0.1, 0.15) is 20.3 Å². The highest BCUT2D eigenvalue weighted by atomic mass is 32.2. The van der Waals surface area contributed by atoms with E-state index in [9.17, 15) is 29.7 Å². The summed E-state index contributed by atoms with van der Waals surface area (Å²) >= 11 is 1.33. The number of carbonyl (C=O) groups is 3. The molecule has 3 aliphatic heterocycles. The van der Waals surface area contributed by atoms with Crippen molar-refractivity contribution in [1.29, 1.82) is 0 Å². The van der Waals surface area contributed by atoms with Crippen LogP contribution in [0.2, 0.25) is 0 Å². The average molecular weight is 399 g/mol. The number of carboxylic acids is 1. The van der Waals surface area contributed by atoms with Gasteiger partial charge in [-0.3, -0.25) is 14.5 Å². The third-order valence-corrected chi connectivity index (χ3v) is 7.13. The quantitative estimate of drug-likeness (QED) is 0.425. The number of carboxylic acid groups (broad SMARTS) is 1. The predicted octanol–water partition coefficient (Wildman–Crippen LogP) is -1.19. The maximum absolute atomic E-state index is 12.4. The van der Waals surface area contributed by atoms with Gasteiger partial charge in [-0.15, -0.1) is 11.8 Å². The van der Waals surface area contributed by atoms with E-state index in [-0.39, 0.29) is 22.9 Å². The lowest BCUT2D eigenvalue weighted by molar-refractivity contribution is -0.208. The minimum absolute atomic E-state index is 0.0286. The van der Waals surface area contributed by atoms with Crippen molar-refractivity contribution >= 4 is 29.5 Å².